The molecule has 0 aliphatic carbocycles. The highest BCUT2D eigenvalue weighted by atomic mass is 16.2. The van der Waals surface area contributed by atoms with E-state index in [0.29, 0.717) is 18.2 Å². The van der Waals surface area contributed by atoms with Crippen molar-refractivity contribution in [3.63, 3.8) is 0 Å². The minimum atomic E-state index is 0.00533. The Hall–Kier alpha value is -2.43. The van der Waals surface area contributed by atoms with Crippen LogP contribution in [0.1, 0.15) is 34.6 Å². The number of hydrogen-bond donors (Lipinski definition) is 1. The van der Waals surface area contributed by atoms with Crippen molar-refractivity contribution in [1.29, 1.82) is 0 Å². The Bertz CT molecular complexity index is 651. The average Bonchev–Trinajstić information content (AvgIpc) is 3.07. The molecule has 1 amide bonds. The second-order valence-electron chi connectivity index (χ2n) is 5.56. The summed E-state index contributed by atoms with van der Waals surface area (Å²) < 4.78 is 0. The van der Waals surface area contributed by atoms with Gasteiger partial charge in [0.15, 0.2) is 0 Å². The number of carbonyl (C=O) groups excluding carboxylic acids is 1. The number of anilines is 1. The van der Waals surface area contributed by atoms with Gasteiger partial charge in [-0.15, -0.1) is 0 Å². The summed E-state index contributed by atoms with van der Waals surface area (Å²) in [4.78, 5) is 23.0. The van der Waals surface area contributed by atoms with Gasteiger partial charge in [0.25, 0.3) is 5.91 Å². The third kappa shape index (κ3) is 3.42. The molecule has 0 unspecified atom stereocenters. The molecule has 0 atom stereocenters. The van der Waals surface area contributed by atoms with Crippen LogP contribution in [-0.2, 0) is 6.54 Å². The maximum atomic E-state index is 12.4. The van der Waals surface area contributed by atoms with E-state index in [4.69, 9.17) is 0 Å². The van der Waals surface area contributed by atoms with E-state index in [2.05, 4.69) is 15.3 Å². The number of amides is 1. The normalized spacial score (nSPS) is 14.1. The molecule has 5 nitrogen and oxygen atoms in total. The van der Waals surface area contributed by atoms with E-state index in [1.54, 1.807) is 6.07 Å². The van der Waals surface area contributed by atoms with Crippen LogP contribution in [0.25, 0.3) is 0 Å². The molecule has 2 heterocycles. The maximum Gasteiger partial charge on any atom is 0.272 e. The van der Waals surface area contributed by atoms with E-state index in [9.17, 15) is 4.79 Å². The van der Waals surface area contributed by atoms with E-state index >= 15 is 0 Å². The number of nitrogens with zero attached hydrogens (tertiary/aromatic N) is 3. The Labute approximate surface area is 130 Å². The van der Waals surface area contributed by atoms with Crippen LogP contribution in [0, 0.1) is 6.92 Å². The SMILES string of the molecule is Cc1cc(C(=O)N2CCCC2)nc(NCc2ccccc2)n1. The summed E-state index contributed by atoms with van der Waals surface area (Å²) >= 11 is 0. The third-order valence-corrected chi connectivity index (χ3v) is 3.76. The lowest BCUT2D eigenvalue weighted by molar-refractivity contribution is 0.0787. The second-order valence-corrected chi connectivity index (χ2v) is 5.56. The van der Waals surface area contributed by atoms with Crippen LogP contribution in [0.2, 0.25) is 0 Å². The number of likely N-dealkylation sites (tertiary alicyclic amines) is 1. The summed E-state index contributed by atoms with van der Waals surface area (Å²) in [6.45, 7) is 4.18. The predicted molar refractivity (Wildman–Crippen MR) is 85.7 cm³/mol. The summed E-state index contributed by atoms with van der Waals surface area (Å²) in [6, 6.07) is 11.8. The topological polar surface area (TPSA) is 58.1 Å². The molecule has 1 aromatic carbocycles. The number of nitrogens with one attached hydrogen (secondary N) is 1. The lowest BCUT2D eigenvalue weighted by Crippen LogP contribution is -2.28. The summed E-state index contributed by atoms with van der Waals surface area (Å²) in [5.74, 6) is 0.511. The standard InChI is InChI=1S/C17H20N4O/c1-13-11-15(16(22)21-9-5-6-10-21)20-17(19-13)18-12-14-7-3-2-4-8-14/h2-4,7-8,11H,5-6,9-10,12H2,1H3,(H,18,19,20). The first-order valence-electron chi connectivity index (χ1n) is 7.65. The number of rotatable bonds is 4. The van der Waals surface area contributed by atoms with E-state index in [1.807, 2.05) is 42.2 Å². The van der Waals surface area contributed by atoms with Crippen molar-refractivity contribution in [2.45, 2.75) is 26.3 Å². The Morgan fingerprint density at radius 2 is 1.91 bits per heavy atom. The maximum absolute atomic E-state index is 12.4. The van der Waals surface area contributed by atoms with Gasteiger partial charge in [0.2, 0.25) is 5.95 Å². The first-order valence-corrected chi connectivity index (χ1v) is 7.65. The van der Waals surface area contributed by atoms with Gasteiger partial charge >= 0.3 is 0 Å². The van der Waals surface area contributed by atoms with Crippen LogP contribution in [0.15, 0.2) is 36.4 Å². The van der Waals surface area contributed by atoms with E-state index in [1.165, 1.54) is 0 Å². The van der Waals surface area contributed by atoms with Crippen molar-refractivity contribution >= 4 is 11.9 Å². The fraction of sp³-hybridized carbons (Fsp3) is 0.353. The minimum Gasteiger partial charge on any atom is -0.350 e. The zero-order valence-electron chi connectivity index (χ0n) is 12.7. The molecule has 22 heavy (non-hydrogen) atoms. The molecule has 1 fully saturated rings. The highest BCUT2D eigenvalue weighted by Gasteiger charge is 2.21. The van der Waals surface area contributed by atoms with Gasteiger partial charge in [0, 0.05) is 25.3 Å². The van der Waals surface area contributed by atoms with Gasteiger partial charge in [0.1, 0.15) is 5.69 Å². The van der Waals surface area contributed by atoms with E-state index in [-0.39, 0.29) is 5.91 Å². The molecule has 1 aliphatic heterocycles. The molecule has 114 valence electrons. The molecule has 2 aromatic rings. The molecule has 1 saturated heterocycles. The smallest absolute Gasteiger partial charge is 0.272 e. The molecule has 3 rings (SSSR count). The summed E-state index contributed by atoms with van der Waals surface area (Å²) in [7, 11) is 0. The third-order valence-electron chi connectivity index (χ3n) is 3.76. The van der Waals surface area contributed by atoms with E-state index < -0.39 is 0 Å². The number of carbonyl (C=O) groups is 1. The molecular weight excluding hydrogens is 276 g/mol. The first-order chi connectivity index (χ1) is 10.7. The second kappa shape index (κ2) is 6.56. The van der Waals surface area contributed by atoms with Crippen LogP contribution >= 0.6 is 0 Å². The van der Waals surface area contributed by atoms with Gasteiger partial charge in [-0.25, -0.2) is 9.97 Å². The van der Waals surface area contributed by atoms with Crippen LogP contribution in [0.4, 0.5) is 5.95 Å². The predicted octanol–water partition coefficient (Wildman–Crippen LogP) is 2.63. The highest BCUT2D eigenvalue weighted by molar-refractivity contribution is 5.92. The van der Waals surface area contributed by atoms with Gasteiger partial charge in [-0.1, -0.05) is 30.3 Å². The molecule has 5 heteroatoms. The molecule has 0 radical (unpaired) electrons. The lowest BCUT2D eigenvalue weighted by Gasteiger charge is -2.15. The fourth-order valence-electron chi connectivity index (χ4n) is 2.62. The van der Waals surface area contributed by atoms with Gasteiger partial charge < -0.3 is 10.2 Å². The Morgan fingerprint density at radius 1 is 1.18 bits per heavy atom. The molecule has 0 saturated carbocycles. The monoisotopic (exact) mass is 296 g/mol. The first kappa shape index (κ1) is 14.5. The van der Waals surface area contributed by atoms with Gasteiger partial charge in [0.05, 0.1) is 0 Å². The summed E-state index contributed by atoms with van der Waals surface area (Å²) in [5, 5.41) is 3.19. The van der Waals surface area contributed by atoms with Crippen LogP contribution in [0.3, 0.4) is 0 Å². The summed E-state index contributed by atoms with van der Waals surface area (Å²) in [5.41, 5.74) is 2.43. The van der Waals surface area contributed by atoms with Crippen molar-refractivity contribution in [2.24, 2.45) is 0 Å². The number of aromatic nitrogens is 2. The fourth-order valence-corrected chi connectivity index (χ4v) is 2.62. The number of benzene rings is 1. The summed E-state index contributed by atoms with van der Waals surface area (Å²) in [6.07, 6.45) is 2.16. The van der Waals surface area contributed by atoms with Crippen LogP contribution in [0.5, 0.6) is 0 Å². The van der Waals surface area contributed by atoms with Crippen LogP contribution in [-0.4, -0.2) is 33.9 Å². The van der Waals surface area contributed by atoms with E-state index in [0.717, 1.165) is 37.2 Å². The van der Waals surface area contributed by atoms with Crippen molar-refractivity contribution in [1.82, 2.24) is 14.9 Å². The van der Waals surface area contributed by atoms with Gasteiger partial charge in [-0.05, 0) is 31.4 Å². The van der Waals surface area contributed by atoms with Gasteiger partial charge in [-0.3, -0.25) is 4.79 Å². The van der Waals surface area contributed by atoms with Crippen molar-refractivity contribution in [3.8, 4) is 0 Å². The molecule has 1 N–H and O–H groups in total. The number of hydrogen-bond acceptors (Lipinski definition) is 4. The molecule has 0 spiro atoms. The molecular formula is C17H20N4O. The Balaban J connectivity index is 1.73. The van der Waals surface area contributed by atoms with Crippen LogP contribution < -0.4 is 5.32 Å². The average molecular weight is 296 g/mol. The Kier molecular flexibility index (Phi) is 4.32. The molecule has 0 bridgehead atoms. The zero-order valence-corrected chi connectivity index (χ0v) is 12.7. The van der Waals surface area contributed by atoms with Crippen molar-refractivity contribution < 1.29 is 4.79 Å². The largest absolute Gasteiger partial charge is 0.350 e. The van der Waals surface area contributed by atoms with Crippen molar-refractivity contribution in [2.75, 3.05) is 18.4 Å². The molecule has 1 aliphatic rings. The minimum absolute atomic E-state index is 0.00533. The Morgan fingerprint density at radius 3 is 2.64 bits per heavy atom. The molecule has 1 aromatic heterocycles. The van der Waals surface area contributed by atoms with Crippen molar-refractivity contribution in [3.05, 3.63) is 53.3 Å². The van der Waals surface area contributed by atoms with Gasteiger partial charge in [-0.2, -0.15) is 0 Å². The lowest BCUT2D eigenvalue weighted by atomic mass is 10.2. The zero-order chi connectivity index (χ0) is 15.4. The highest BCUT2D eigenvalue weighted by Crippen LogP contribution is 2.14. The number of aryl methyl sites for hydroxylation is 1. The quantitative estimate of drug-likeness (QED) is 0.942.